The van der Waals surface area contributed by atoms with Crippen LogP contribution >= 0.6 is 11.8 Å². The van der Waals surface area contributed by atoms with Crippen molar-refractivity contribution in [1.82, 2.24) is 5.32 Å². The van der Waals surface area contributed by atoms with Crippen LogP contribution in [-0.2, 0) is 9.59 Å². The Balaban J connectivity index is 1.37. The van der Waals surface area contributed by atoms with Gasteiger partial charge in [-0.3, -0.25) is 14.4 Å². The van der Waals surface area contributed by atoms with E-state index in [0.717, 1.165) is 10.5 Å². The second kappa shape index (κ2) is 17.5. The van der Waals surface area contributed by atoms with Gasteiger partial charge in [0, 0.05) is 21.8 Å². The number of rotatable bonds is 14. The molecule has 0 radical (unpaired) electrons. The molecule has 51 heavy (non-hydrogen) atoms. The molecule has 260 valence electrons. The largest absolute Gasteiger partial charge is 0.497 e. The van der Waals surface area contributed by atoms with E-state index in [-0.39, 0.29) is 11.6 Å². The number of amides is 3. The van der Waals surface area contributed by atoms with Crippen LogP contribution in [-0.4, -0.2) is 46.2 Å². The summed E-state index contributed by atoms with van der Waals surface area (Å²) >= 11 is 1.38. The topological polar surface area (TPSA) is 124 Å². The molecule has 0 aliphatic carbocycles. The molecule has 0 aliphatic rings. The summed E-state index contributed by atoms with van der Waals surface area (Å²) in [6, 6.07) is 35.7. The molecule has 0 aliphatic heterocycles. The van der Waals surface area contributed by atoms with Crippen molar-refractivity contribution in [3.63, 3.8) is 0 Å². The molecule has 3 amide bonds. The van der Waals surface area contributed by atoms with Crippen LogP contribution in [0.4, 0.5) is 11.4 Å². The van der Waals surface area contributed by atoms with Gasteiger partial charge in [0.15, 0.2) is 11.5 Å². The van der Waals surface area contributed by atoms with E-state index in [4.69, 9.17) is 18.9 Å². The number of anilines is 2. The zero-order chi connectivity index (χ0) is 36.2. The van der Waals surface area contributed by atoms with Crippen molar-refractivity contribution < 1.29 is 33.3 Å². The van der Waals surface area contributed by atoms with E-state index < -0.39 is 17.1 Å². The first-order chi connectivity index (χ1) is 24.8. The maximum atomic E-state index is 13.7. The fraction of sp³-hybridized carbons (Fsp3) is 0.125. The van der Waals surface area contributed by atoms with Gasteiger partial charge in [-0.1, -0.05) is 48.5 Å². The number of thioether (sulfide) groups is 1. The van der Waals surface area contributed by atoms with Crippen LogP contribution in [0, 0.1) is 0 Å². The third kappa shape index (κ3) is 9.49. The van der Waals surface area contributed by atoms with Gasteiger partial charge in [0.2, 0.25) is 11.7 Å². The van der Waals surface area contributed by atoms with Gasteiger partial charge in [0.1, 0.15) is 16.7 Å². The maximum Gasteiger partial charge on any atom is 0.272 e. The van der Waals surface area contributed by atoms with E-state index in [1.165, 1.54) is 39.2 Å². The summed E-state index contributed by atoms with van der Waals surface area (Å²) in [6.07, 6.45) is 1.52. The van der Waals surface area contributed by atoms with Gasteiger partial charge in [-0.2, -0.15) is 0 Å². The smallest absolute Gasteiger partial charge is 0.272 e. The van der Waals surface area contributed by atoms with Gasteiger partial charge in [0.05, 0.1) is 28.4 Å². The molecule has 3 N–H and O–H groups in total. The molecule has 5 aromatic carbocycles. The van der Waals surface area contributed by atoms with Crippen LogP contribution in [0.3, 0.4) is 0 Å². The summed E-state index contributed by atoms with van der Waals surface area (Å²) in [4.78, 5) is 41.2. The molecule has 5 rings (SSSR count). The standard InChI is InChI=1S/C40H37N3O7S/c1-47-31-19-15-29(16-20-31)42-40(46)37(27-11-7-5-8-12-27)51-32-21-17-30(18-22-32)41-39(45)33(43-38(44)28-13-9-6-10-14-28)23-26-24-34(48-2)36(50-4)35(25-26)49-3/h5-25,37H,1-4H3,(H,41,45)(H,42,46)(H,43,44)/b33-23-. The number of ether oxygens (including phenoxy) is 4. The number of hydrogen-bond donors (Lipinski definition) is 3. The quantitative estimate of drug-likeness (QED) is 0.0798. The zero-order valence-electron chi connectivity index (χ0n) is 28.5. The Kier molecular flexibility index (Phi) is 12.4. The highest BCUT2D eigenvalue weighted by Crippen LogP contribution is 2.39. The molecule has 0 saturated carbocycles. The first-order valence-corrected chi connectivity index (χ1v) is 16.7. The molecule has 10 nitrogen and oxygen atoms in total. The lowest BCUT2D eigenvalue weighted by molar-refractivity contribution is -0.116. The normalized spacial score (nSPS) is 11.5. The predicted octanol–water partition coefficient (Wildman–Crippen LogP) is 7.60. The van der Waals surface area contributed by atoms with Crippen LogP contribution in [0.1, 0.15) is 26.7 Å². The lowest BCUT2D eigenvalue weighted by atomic mass is 10.1. The Morgan fingerprint density at radius 2 is 1.22 bits per heavy atom. The summed E-state index contributed by atoms with van der Waals surface area (Å²) in [5, 5.41) is 8.04. The van der Waals surface area contributed by atoms with Gasteiger partial charge in [-0.15, -0.1) is 11.8 Å². The highest BCUT2D eigenvalue weighted by molar-refractivity contribution is 8.00. The number of methoxy groups -OCH3 is 4. The van der Waals surface area contributed by atoms with E-state index in [9.17, 15) is 14.4 Å². The minimum absolute atomic E-state index is 0.0177. The molecule has 11 heteroatoms. The second-order valence-corrected chi connectivity index (χ2v) is 12.1. The Morgan fingerprint density at radius 1 is 0.647 bits per heavy atom. The van der Waals surface area contributed by atoms with Gasteiger partial charge in [0.25, 0.3) is 11.8 Å². The van der Waals surface area contributed by atoms with Crippen LogP contribution in [0.2, 0.25) is 0 Å². The number of benzene rings is 5. The van der Waals surface area contributed by atoms with Gasteiger partial charge >= 0.3 is 0 Å². The number of carbonyl (C=O) groups excluding carboxylic acids is 3. The monoisotopic (exact) mass is 703 g/mol. The molecule has 0 heterocycles. The van der Waals surface area contributed by atoms with Crippen molar-refractivity contribution in [3.8, 4) is 23.0 Å². The predicted molar refractivity (Wildman–Crippen MR) is 200 cm³/mol. The fourth-order valence-corrected chi connectivity index (χ4v) is 6.05. The summed E-state index contributed by atoms with van der Waals surface area (Å²) < 4.78 is 21.6. The first kappa shape index (κ1) is 36.1. The molecule has 0 spiro atoms. The molecular formula is C40H37N3O7S. The average molecular weight is 704 g/mol. The van der Waals surface area contributed by atoms with Gasteiger partial charge in [-0.05, 0) is 90.0 Å². The zero-order valence-corrected chi connectivity index (χ0v) is 29.3. The van der Waals surface area contributed by atoms with E-state index in [0.29, 0.717) is 45.5 Å². The molecule has 0 bridgehead atoms. The van der Waals surface area contributed by atoms with Gasteiger partial charge in [-0.25, -0.2) is 0 Å². The summed E-state index contributed by atoms with van der Waals surface area (Å²) in [7, 11) is 6.07. The minimum atomic E-state index is -0.561. The Morgan fingerprint density at radius 3 is 1.78 bits per heavy atom. The minimum Gasteiger partial charge on any atom is -0.497 e. The van der Waals surface area contributed by atoms with Gasteiger partial charge < -0.3 is 34.9 Å². The number of carbonyl (C=O) groups is 3. The molecule has 5 aromatic rings. The fourth-order valence-electron chi connectivity index (χ4n) is 5.03. The van der Waals surface area contributed by atoms with Crippen molar-refractivity contribution in [2.45, 2.75) is 10.1 Å². The van der Waals surface area contributed by atoms with Crippen LogP contribution in [0.15, 0.2) is 132 Å². The van der Waals surface area contributed by atoms with Crippen molar-refractivity contribution >= 4 is 46.9 Å². The lowest BCUT2D eigenvalue weighted by Gasteiger charge is -2.18. The molecule has 0 fully saturated rings. The summed E-state index contributed by atoms with van der Waals surface area (Å²) in [5.41, 5.74) is 2.85. The summed E-state index contributed by atoms with van der Waals surface area (Å²) in [5.74, 6) is 0.641. The Labute approximate surface area is 300 Å². The van der Waals surface area contributed by atoms with Crippen molar-refractivity contribution in [2.24, 2.45) is 0 Å². The maximum absolute atomic E-state index is 13.7. The third-order valence-corrected chi connectivity index (χ3v) is 8.86. The molecular weight excluding hydrogens is 667 g/mol. The molecule has 1 unspecified atom stereocenters. The van der Waals surface area contributed by atoms with E-state index in [1.54, 1.807) is 86.0 Å². The van der Waals surface area contributed by atoms with Crippen LogP contribution < -0.4 is 34.9 Å². The molecule has 0 aromatic heterocycles. The van der Waals surface area contributed by atoms with E-state index >= 15 is 0 Å². The molecule has 0 saturated heterocycles. The number of nitrogens with one attached hydrogen (secondary N) is 3. The van der Waals surface area contributed by atoms with E-state index in [2.05, 4.69) is 16.0 Å². The Bertz CT molecular complexity index is 1960. The lowest BCUT2D eigenvalue weighted by Crippen LogP contribution is -2.30. The second-order valence-electron chi connectivity index (χ2n) is 10.9. The highest BCUT2D eigenvalue weighted by atomic mass is 32.2. The van der Waals surface area contributed by atoms with Crippen molar-refractivity contribution in [2.75, 3.05) is 39.1 Å². The highest BCUT2D eigenvalue weighted by Gasteiger charge is 2.23. The van der Waals surface area contributed by atoms with Crippen molar-refractivity contribution in [3.05, 3.63) is 144 Å². The molecule has 1 atom stereocenters. The SMILES string of the molecule is COc1ccc(NC(=O)C(Sc2ccc(NC(=O)/C(=C/c3cc(OC)c(OC)c(OC)c3)NC(=O)c3ccccc3)cc2)c2ccccc2)cc1. The average Bonchev–Trinajstić information content (AvgIpc) is 3.17. The summed E-state index contributed by atoms with van der Waals surface area (Å²) in [6.45, 7) is 0. The third-order valence-electron chi connectivity index (χ3n) is 7.59. The van der Waals surface area contributed by atoms with E-state index in [1.807, 2.05) is 42.5 Å². The van der Waals surface area contributed by atoms with Crippen LogP contribution in [0.25, 0.3) is 6.08 Å². The van der Waals surface area contributed by atoms with Crippen LogP contribution in [0.5, 0.6) is 23.0 Å². The first-order valence-electron chi connectivity index (χ1n) is 15.8. The Hall–Kier alpha value is -6.20. The van der Waals surface area contributed by atoms with Crippen molar-refractivity contribution in [1.29, 1.82) is 0 Å². The number of hydrogen-bond acceptors (Lipinski definition) is 8.